The molecule has 1 amide bonds. The van der Waals surface area contributed by atoms with E-state index in [2.05, 4.69) is 10.3 Å². The van der Waals surface area contributed by atoms with E-state index in [9.17, 15) is 34.5 Å². The van der Waals surface area contributed by atoms with Crippen molar-refractivity contribution in [3.63, 3.8) is 0 Å². The molecule has 260 valence electrons. The van der Waals surface area contributed by atoms with Crippen molar-refractivity contribution in [2.24, 2.45) is 0 Å². The Hall–Kier alpha value is -2.43. The Morgan fingerprint density at radius 1 is 0.739 bits per heavy atom. The Morgan fingerprint density at radius 2 is 1.13 bits per heavy atom. The normalized spacial score (nSPS) is 25.7. The lowest BCUT2D eigenvalue weighted by Crippen LogP contribution is -2.63. The summed E-state index contributed by atoms with van der Waals surface area (Å²) in [6.07, 6.45) is 1.73. The number of nitrogens with zero attached hydrogens (tertiary/aromatic N) is 5. The minimum atomic E-state index is -1.01. The van der Waals surface area contributed by atoms with Crippen LogP contribution in [0.5, 0.6) is 0 Å². The average molecular weight is 685 g/mol. The Morgan fingerprint density at radius 3 is 1.48 bits per heavy atom. The molecule has 1 aliphatic rings. The first kappa shape index (κ1) is 39.7. The first-order valence-electron chi connectivity index (χ1n) is 15.8. The number of pyridine rings is 1. The fourth-order valence-corrected chi connectivity index (χ4v) is 7.74. The number of hydrogen-bond donors (Lipinski definition) is 4. The third-order valence-corrected chi connectivity index (χ3v) is 11.1. The second-order valence-corrected chi connectivity index (χ2v) is 14.7. The maximum atomic E-state index is 13.5. The molecule has 0 unspecified atom stereocenters. The number of carboxylic acids is 3. The van der Waals surface area contributed by atoms with Gasteiger partial charge in [-0.1, -0.05) is 16.9 Å². The highest BCUT2D eigenvalue weighted by Gasteiger charge is 2.38. The van der Waals surface area contributed by atoms with Gasteiger partial charge in [-0.15, -0.1) is 0 Å². The van der Waals surface area contributed by atoms with Crippen molar-refractivity contribution in [2.45, 2.75) is 109 Å². The molecule has 1 fully saturated rings. The van der Waals surface area contributed by atoms with Crippen LogP contribution in [0.15, 0.2) is 29.4 Å². The molecule has 1 saturated heterocycles. The van der Waals surface area contributed by atoms with Gasteiger partial charge in [-0.2, -0.15) is 0 Å². The van der Waals surface area contributed by atoms with Gasteiger partial charge in [0.25, 0.3) is 0 Å². The second-order valence-electron chi connectivity index (χ2n) is 12.3. The standard InChI is InChI=1S/C31H52N6O7S2/c1-19-16-35(24(6)29(39)40)21(3)18-37(26(8)31(43)44)22(4)17-36(25(7)30(41)42)20(2)15-34(19)23(5)28(38)33-13-14-45-46-27-11-9-10-12-32-27/h9-12,19-26H,13-18H2,1-8H3,(H,33,38)(H,39,40)(H,41,42)(H,43,44)/t19-,20-,21-,22-,23-,24-,25-,26-/m0/s1. The number of aromatic nitrogens is 1. The van der Waals surface area contributed by atoms with Crippen LogP contribution >= 0.6 is 21.6 Å². The third kappa shape index (κ3) is 11.4. The van der Waals surface area contributed by atoms with Crippen molar-refractivity contribution in [3.05, 3.63) is 24.4 Å². The second kappa shape index (κ2) is 18.8. The molecule has 46 heavy (non-hydrogen) atoms. The lowest BCUT2D eigenvalue weighted by Gasteiger charge is -2.47. The summed E-state index contributed by atoms with van der Waals surface area (Å²) in [6, 6.07) is 1.15. The molecule has 15 heteroatoms. The van der Waals surface area contributed by atoms with Crippen molar-refractivity contribution in [1.29, 1.82) is 0 Å². The molecule has 1 aliphatic heterocycles. The van der Waals surface area contributed by atoms with Gasteiger partial charge in [0.2, 0.25) is 5.91 Å². The summed E-state index contributed by atoms with van der Waals surface area (Å²) in [7, 11) is 3.13. The van der Waals surface area contributed by atoms with E-state index in [1.54, 1.807) is 37.8 Å². The van der Waals surface area contributed by atoms with E-state index < -0.39 is 42.1 Å². The molecule has 1 aromatic heterocycles. The smallest absolute Gasteiger partial charge is 0.320 e. The van der Waals surface area contributed by atoms with E-state index in [0.717, 1.165) is 5.03 Å². The van der Waals surface area contributed by atoms with Gasteiger partial charge >= 0.3 is 17.9 Å². The molecule has 1 aromatic rings. The van der Waals surface area contributed by atoms with Gasteiger partial charge in [0.15, 0.2) is 0 Å². The third-order valence-electron chi connectivity index (χ3n) is 8.87. The Bertz CT molecular complexity index is 1130. The molecule has 2 heterocycles. The van der Waals surface area contributed by atoms with Crippen molar-refractivity contribution in [1.82, 2.24) is 29.9 Å². The molecular formula is C31H52N6O7S2. The van der Waals surface area contributed by atoms with Crippen molar-refractivity contribution < 1.29 is 34.5 Å². The number of hydrogen-bond acceptors (Lipinski definition) is 11. The van der Waals surface area contributed by atoms with Crippen LogP contribution in [-0.4, -0.2) is 151 Å². The zero-order chi connectivity index (χ0) is 34.7. The number of rotatable bonds is 13. The Kier molecular flexibility index (Phi) is 16.2. The largest absolute Gasteiger partial charge is 0.480 e. The number of carbonyl (C=O) groups is 4. The minimum Gasteiger partial charge on any atom is -0.480 e. The van der Waals surface area contributed by atoms with Crippen LogP contribution in [0.3, 0.4) is 0 Å². The molecule has 0 bridgehead atoms. The zero-order valence-corrected chi connectivity index (χ0v) is 29.8. The number of amides is 1. The number of aliphatic carboxylic acids is 3. The predicted molar refractivity (Wildman–Crippen MR) is 181 cm³/mol. The summed E-state index contributed by atoms with van der Waals surface area (Å²) in [5, 5.41) is 33.9. The average Bonchev–Trinajstić information content (AvgIpc) is 3.01. The maximum Gasteiger partial charge on any atom is 0.320 e. The van der Waals surface area contributed by atoms with Crippen LogP contribution in [0.2, 0.25) is 0 Å². The topological polar surface area (TPSA) is 167 Å². The highest BCUT2D eigenvalue weighted by molar-refractivity contribution is 8.76. The van der Waals surface area contributed by atoms with Crippen LogP contribution in [-0.2, 0) is 19.2 Å². The van der Waals surface area contributed by atoms with E-state index in [0.29, 0.717) is 25.4 Å². The highest BCUT2D eigenvalue weighted by Crippen LogP contribution is 2.28. The fourth-order valence-electron chi connectivity index (χ4n) is 5.96. The molecule has 2 rings (SSSR count). The summed E-state index contributed by atoms with van der Waals surface area (Å²) in [4.78, 5) is 61.9. The molecule has 0 aromatic carbocycles. The number of carbonyl (C=O) groups excluding carboxylic acids is 1. The van der Waals surface area contributed by atoms with E-state index in [-0.39, 0.29) is 43.2 Å². The summed E-state index contributed by atoms with van der Waals surface area (Å²) in [5.41, 5.74) is 0. The summed E-state index contributed by atoms with van der Waals surface area (Å²) in [5.74, 6) is -2.51. The minimum absolute atomic E-state index is 0.173. The Balaban J connectivity index is 2.38. The SMILES string of the molecule is C[C@H]1CN([C@@H](C)C(=O)O)[C@@H](C)CN([C@@H](C)C(=O)NCCSSc2ccccn2)[C@@H](C)CN([C@@H](C)C(=O)O)[C@@H](C)CN1[C@@H](C)C(=O)O. The number of nitrogens with one attached hydrogen (secondary N) is 1. The zero-order valence-electron chi connectivity index (χ0n) is 28.2. The van der Waals surface area contributed by atoms with E-state index in [1.807, 2.05) is 72.4 Å². The first-order valence-corrected chi connectivity index (χ1v) is 18.1. The van der Waals surface area contributed by atoms with Crippen LogP contribution in [0.25, 0.3) is 0 Å². The quantitative estimate of drug-likeness (QED) is 0.177. The van der Waals surface area contributed by atoms with Gasteiger partial charge in [-0.3, -0.25) is 38.8 Å². The van der Waals surface area contributed by atoms with Crippen molar-refractivity contribution >= 4 is 45.4 Å². The molecule has 0 spiro atoms. The fraction of sp³-hybridized carbons (Fsp3) is 0.710. The summed E-state index contributed by atoms with van der Waals surface area (Å²) < 4.78 is 0. The molecule has 13 nitrogen and oxygen atoms in total. The Labute approximate surface area is 280 Å². The van der Waals surface area contributed by atoms with E-state index in [4.69, 9.17) is 0 Å². The summed E-state index contributed by atoms with van der Waals surface area (Å²) >= 11 is 0. The van der Waals surface area contributed by atoms with Crippen LogP contribution in [0, 0.1) is 0 Å². The first-order chi connectivity index (χ1) is 21.6. The van der Waals surface area contributed by atoms with Gasteiger partial charge in [0.1, 0.15) is 23.2 Å². The summed E-state index contributed by atoms with van der Waals surface area (Å²) in [6.45, 7) is 15.9. The molecule has 0 saturated carbocycles. The van der Waals surface area contributed by atoms with Gasteiger partial charge in [0.05, 0.1) is 6.04 Å². The lowest BCUT2D eigenvalue weighted by molar-refractivity contribution is -0.149. The van der Waals surface area contributed by atoms with Crippen LogP contribution in [0.4, 0.5) is 0 Å². The number of carboxylic acid groups (broad SMARTS) is 3. The van der Waals surface area contributed by atoms with Crippen molar-refractivity contribution in [2.75, 3.05) is 38.5 Å². The van der Waals surface area contributed by atoms with Crippen LogP contribution in [0.1, 0.15) is 55.4 Å². The van der Waals surface area contributed by atoms with Crippen molar-refractivity contribution in [3.8, 4) is 0 Å². The molecule has 4 N–H and O–H groups in total. The van der Waals surface area contributed by atoms with Gasteiger partial charge < -0.3 is 20.6 Å². The van der Waals surface area contributed by atoms with Gasteiger partial charge in [-0.05, 0) is 78.3 Å². The molecular weight excluding hydrogens is 633 g/mol. The molecule has 0 aliphatic carbocycles. The van der Waals surface area contributed by atoms with E-state index >= 15 is 0 Å². The van der Waals surface area contributed by atoms with E-state index in [1.165, 1.54) is 10.8 Å². The predicted octanol–water partition coefficient (Wildman–Crippen LogP) is 2.52. The van der Waals surface area contributed by atoms with Gasteiger partial charge in [0, 0.05) is 68.8 Å². The monoisotopic (exact) mass is 684 g/mol. The molecule has 8 atom stereocenters. The highest BCUT2D eigenvalue weighted by atomic mass is 33.1. The van der Waals surface area contributed by atoms with Crippen LogP contribution < -0.4 is 5.32 Å². The molecule has 0 radical (unpaired) electrons. The van der Waals surface area contributed by atoms with Gasteiger partial charge in [-0.25, -0.2) is 4.98 Å². The lowest BCUT2D eigenvalue weighted by atomic mass is 10.0. The maximum absolute atomic E-state index is 13.5.